The van der Waals surface area contributed by atoms with Gasteiger partial charge in [-0.05, 0) is 83.5 Å². The van der Waals surface area contributed by atoms with Crippen molar-refractivity contribution in [2.45, 2.75) is 45.1 Å². The van der Waals surface area contributed by atoms with Gasteiger partial charge in [0.15, 0.2) is 5.84 Å². The first-order valence-corrected chi connectivity index (χ1v) is 16.2. The molecule has 5 nitrogen and oxygen atoms in total. The van der Waals surface area contributed by atoms with Crippen molar-refractivity contribution in [2.75, 3.05) is 0 Å². The van der Waals surface area contributed by atoms with Gasteiger partial charge < -0.3 is 14.6 Å². The van der Waals surface area contributed by atoms with Crippen LogP contribution in [0.25, 0.3) is 32.7 Å². The Balaban J connectivity index is 1.34. The molecule has 0 aliphatic carbocycles. The molecule has 1 atom stereocenters. The average molecular weight is 614 g/mol. The predicted octanol–water partition coefficient (Wildman–Crippen LogP) is 8.45. The summed E-state index contributed by atoms with van der Waals surface area (Å²) in [5.74, 6) is 1.43. The zero-order valence-electron chi connectivity index (χ0n) is 27.1. The molecule has 6 heteroatoms. The van der Waals surface area contributed by atoms with Gasteiger partial charge >= 0.3 is 7.12 Å². The van der Waals surface area contributed by atoms with Gasteiger partial charge in [-0.2, -0.15) is 0 Å². The first-order chi connectivity index (χ1) is 22.8. The number of hydrogen-bond donors (Lipinski definition) is 1. The van der Waals surface area contributed by atoms with E-state index in [1.807, 2.05) is 36.4 Å². The van der Waals surface area contributed by atoms with Crippen LogP contribution in [0.4, 0.5) is 0 Å². The number of rotatable bonds is 5. The van der Waals surface area contributed by atoms with Crippen LogP contribution >= 0.6 is 0 Å². The van der Waals surface area contributed by atoms with Crippen LogP contribution in [0.1, 0.15) is 50.6 Å². The molecule has 1 unspecified atom stereocenters. The maximum atomic E-state index is 6.62. The summed E-state index contributed by atoms with van der Waals surface area (Å²) in [6.45, 7) is 8.37. The second-order valence-electron chi connectivity index (χ2n) is 13.4. The van der Waals surface area contributed by atoms with Crippen molar-refractivity contribution < 1.29 is 9.31 Å². The van der Waals surface area contributed by atoms with Crippen LogP contribution in [-0.4, -0.2) is 30.0 Å². The molecular formula is C41H36BN3O2. The van der Waals surface area contributed by atoms with Crippen molar-refractivity contribution in [3.63, 3.8) is 0 Å². The zero-order valence-corrected chi connectivity index (χ0v) is 27.1. The highest BCUT2D eigenvalue weighted by molar-refractivity contribution is 6.62. The second kappa shape index (κ2) is 11.3. The number of fused-ring (bicyclic) bond motifs is 3. The fourth-order valence-electron chi connectivity index (χ4n) is 6.47. The standard InChI is InChI=1S/C41H36BN3O2/c1-40(2)41(3,4)47-42(46-40)32-24-30(36-26-29-19-11-12-20-33(29)34-21-13-14-22-35(34)36)23-31(25-32)39-44-37(27-15-7-5-8-16-27)43-38(45-39)28-17-9-6-10-18-28/h5-26,37H,1-4H3,(H,43,44,45). The minimum atomic E-state index is -0.540. The van der Waals surface area contributed by atoms with Gasteiger partial charge in [0, 0.05) is 11.1 Å². The lowest BCUT2D eigenvalue weighted by Crippen LogP contribution is -2.41. The Morgan fingerprint density at radius 3 is 1.91 bits per heavy atom. The smallest absolute Gasteiger partial charge is 0.399 e. The highest BCUT2D eigenvalue weighted by Gasteiger charge is 2.52. The predicted molar refractivity (Wildman–Crippen MR) is 194 cm³/mol. The first kappa shape index (κ1) is 29.4. The highest BCUT2D eigenvalue weighted by atomic mass is 16.7. The molecule has 47 heavy (non-hydrogen) atoms. The first-order valence-electron chi connectivity index (χ1n) is 16.2. The Morgan fingerprint density at radius 2 is 1.19 bits per heavy atom. The Kier molecular flexibility index (Phi) is 7.09. The van der Waals surface area contributed by atoms with E-state index >= 15 is 0 Å². The van der Waals surface area contributed by atoms with Gasteiger partial charge in [0.1, 0.15) is 12.0 Å². The van der Waals surface area contributed by atoms with Crippen molar-refractivity contribution in [2.24, 2.45) is 9.98 Å². The SMILES string of the molecule is CC1(C)OB(c2cc(C3=NC(c4ccccc4)=NC(c4ccccc4)N3)cc(-c3cc4ccccc4c4ccccc34)c2)OC1(C)C. The summed E-state index contributed by atoms with van der Waals surface area (Å²) < 4.78 is 13.2. The highest BCUT2D eigenvalue weighted by Crippen LogP contribution is 2.38. The molecule has 0 spiro atoms. The van der Waals surface area contributed by atoms with Gasteiger partial charge in [-0.25, -0.2) is 9.98 Å². The summed E-state index contributed by atoms with van der Waals surface area (Å²) >= 11 is 0. The average Bonchev–Trinajstić information content (AvgIpc) is 3.34. The fourth-order valence-corrected chi connectivity index (χ4v) is 6.47. The van der Waals surface area contributed by atoms with Gasteiger partial charge in [-0.15, -0.1) is 0 Å². The molecule has 2 heterocycles. The van der Waals surface area contributed by atoms with E-state index in [9.17, 15) is 0 Å². The maximum Gasteiger partial charge on any atom is 0.494 e. The molecule has 6 aromatic rings. The van der Waals surface area contributed by atoms with E-state index < -0.39 is 18.3 Å². The third kappa shape index (κ3) is 5.34. The summed E-state index contributed by atoms with van der Waals surface area (Å²) in [5.41, 5.74) is 5.18. The molecular weight excluding hydrogens is 577 g/mol. The minimum Gasteiger partial charge on any atom is -0.399 e. The van der Waals surface area contributed by atoms with Crippen molar-refractivity contribution in [1.82, 2.24) is 5.32 Å². The quantitative estimate of drug-likeness (QED) is 0.157. The van der Waals surface area contributed by atoms with Crippen molar-refractivity contribution >= 4 is 45.8 Å². The molecule has 1 saturated heterocycles. The number of aliphatic imine (C=N–C) groups is 2. The van der Waals surface area contributed by atoms with E-state index in [1.54, 1.807) is 0 Å². The van der Waals surface area contributed by atoms with Crippen molar-refractivity contribution in [3.8, 4) is 11.1 Å². The molecule has 230 valence electrons. The largest absolute Gasteiger partial charge is 0.494 e. The third-order valence-corrected chi connectivity index (χ3v) is 9.72. The molecule has 0 radical (unpaired) electrons. The molecule has 2 aliphatic rings. The summed E-state index contributed by atoms with van der Waals surface area (Å²) in [6.07, 6.45) is -0.302. The Bertz CT molecular complexity index is 2180. The van der Waals surface area contributed by atoms with E-state index in [4.69, 9.17) is 19.3 Å². The van der Waals surface area contributed by atoms with Crippen LogP contribution in [0.3, 0.4) is 0 Å². The minimum absolute atomic E-state index is 0.302. The van der Waals surface area contributed by atoms with Crippen molar-refractivity contribution in [1.29, 1.82) is 0 Å². The van der Waals surface area contributed by atoms with E-state index in [-0.39, 0.29) is 6.17 Å². The monoisotopic (exact) mass is 613 g/mol. The summed E-state index contributed by atoms with van der Waals surface area (Å²) in [7, 11) is -0.540. The van der Waals surface area contributed by atoms with Gasteiger partial charge in [-0.3, -0.25) is 0 Å². The molecule has 8 rings (SSSR count). The zero-order chi connectivity index (χ0) is 32.2. The van der Waals surface area contributed by atoms with Gasteiger partial charge in [0.2, 0.25) is 0 Å². The Hall–Kier alpha value is -5.04. The molecule has 6 aromatic carbocycles. The van der Waals surface area contributed by atoms with E-state index in [0.29, 0.717) is 5.84 Å². The molecule has 0 amide bonds. The summed E-state index contributed by atoms with van der Waals surface area (Å²) in [5, 5.41) is 8.51. The van der Waals surface area contributed by atoms with Crippen LogP contribution in [-0.2, 0) is 9.31 Å². The number of benzene rings is 6. The topological polar surface area (TPSA) is 55.2 Å². The van der Waals surface area contributed by atoms with Gasteiger partial charge in [-0.1, -0.05) is 121 Å². The van der Waals surface area contributed by atoms with Crippen molar-refractivity contribution in [3.05, 3.63) is 150 Å². The molecule has 2 aliphatic heterocycles. The molecule has 0 aromatic heterocycles. The number of hydrogen-bond acceptors (Lipinski definition) is 5. The lowest BCUT2D eigenvalue weighted by Gasteiger charge is -2.32. The van der Waals surface area contributed by atoms with Crippen LogP contribution in [0, 0.1) is 0 Å². The summed E-state index contributed by atoms with van der Waals surface area (Å²) in [6, 6.07) is 46.6. The number of amidine groups is 2. The Labute approximate surface area is 276 Å². The van der Waals surface area contributed by atoms with Gasteiger partial charge in [0.05, 0.1) is 11.2 Å². The maximum absolute atomic E-state index is 6.62. The third-order valence-electron chi connectivity index (χ3n) is 9.72. The fraction of sp³-hybridized carbons (Fsp3) is 0.171. The Morgan fingerprint density at radius 1 is 0.596 bits per heavy atom. The number of nitrogens with zero attached hydrogens (tertiary/aromatic N) is 2. The van der Waals surface area contributed by atoms with E-state index in [0.717, 1.165) is 39.1 Å². The van der Waals surface area contributed by atoms with Crippen LogP contribution < -0.4 is 10.8 Å². The summed E-state index contributed by atoms with van der Waals surface area (Å²) in [4.78, 5) is 10.2. The molecule has 1 N–H and O–H groups in total. The number of nitrogens with one attached hydrogen (secondary N) is 1. The second-order valence-corrected chi connectivity index (χ2v) is 13.4. The van der Waals surface area contributed by atoms with Gasteiger partial charge in [0.25, 0.3) is 0 Å². The van der Waals surface area contributed by atoms with Crippen LogP contribution in [0.5, 0.6) is 0 Å². The normalized spacial score (nSPS) is 18.6. The lowest BCUT2D eigenvalue weighted by molar-refractivity contribution is 0.00578. The molecule has 1 fully saturated rings. The lowest BCUT2D eigenvalue weighted by atomic mass is 9.76. The van der Waals surface area contributed by atoms with Crippen LogP contribution in [0.2, 0.25) is 0 Å². The van der Waals surface area contributed by atoms with E-state index in [1.165, 1.54) is 21.5 Å². The van der Waals surface area contributed by atoms with E-state index in [2.05, 4.69) is 130 Å². The van der Waals surface area contributed by atoms with Crippen LogP contribution in [0.15, 0.2) is 143 Å². The molecule has 0 bridgehead atoms. The molecule has 0 saturated carbocycles.